The number of rotatable bonds is 3. The Labute approximate surface area is 97.2 Å². The zero-order valence-electron chi connectivity index (χ0n) is 9.25. The van der Waals surface area contributed by atoms with E-state index in [4.69, 9.17) is 9.26 Å². The predicted molar refractivity (Wildman–Crippen MR) is 60.3 cm³/mol. The van der Waals surface area contributed by atoms with E-state index in [9.17, 15) is 9.59 Å². The van der Waals surface area contributed by atoms with Crippen LogP contribution in [0.1, 0.15) is 17.3 Å². The first-order valence-corrected chi connectivity index (χ1v) is 5.18. The van der Waals surface area contributed by atoms with Gasteiger partial charge in [0.1, 0.15) is 0 Å². The van der Waals surface area contributed by atoms with Crippen LogP contribution in [0.5, 0.6) is 0 Å². The molecule has 0 fully saturated rings. The van der Waals surface area contributed by atoms with E-state index in [1.807, 2.05) is 6.07 Å². The van der Waals surface area contributed by atoms with Crippen LogP contribution in [0.25, 0.3) is 5.69 Å². The molecule has 0 aliphatic heterocycles. The Kier molecular flexibility index (Phi) is 3.09. The van der Waals surface area contributed by atoms with Crippen LogP contribution in [0.3, 0.4) is 0 Å². The van der Waals surface area contributed by atoms with Crippen molar-refractivity contribution in [3.05, 3.63) is 52.5 Å². The lowest BCUT2D eigenvalue weighted by Crippen LogP contribution is -2.12. The fraction of sp³-hybridized carbons (Fsp3) is 0.167. The SMILES string of the molecule is CCOC(=O)c1cn(-c2ccccc2)oc1=O. The second kappa shape index (κ2) is 4.69. The quantitative estimate of drug-likeness (QED) is 0.755. The Morgan fingerprint density at radius 1 is 1.35 bits per heavy atom. The molecule has 1 aromatic heterocycles. The van der Waals surface area contributed by atoms with E-state index in [2.05, 4.69) is 0 Å². The van der Waals surface area contributed by atoms with Gasteiger partial charge in [0, 0.05) is 0 Å². The van der Waals surface area contributed by atoms with Crippen molar-refractivity contribution in [3.8, 4) is 5.69 Å². The van der Waals surface area contributed by atoms with Crippen LogP contribution in [0.4, 0.5) is 0 Å². The Bertz CT molecular complexity index is 568. The van der Waals surface area contributed by atoms with E-state index < -0.39 is 11.6 Å². The largest absolute Gasteiger partial charge is 0.462 e. The minimum Gasteiger partial charge on any atom is -0.462 e. The first-order chi connectivity index (χ1) is 8.22. The second-order valence-electron chi connectivity index (χ2n) is 3.30. The highest BCUT2D eigenvalue weighted by molar-refractivity contribution is 5.88. The van der Waals surface area contributed by atoms with Crippen molar-refractivity contribution in [1.82, 2.24) is 4.74 Å². The molecular formula is C12H11NO4. The number of carbonyl (C=O) groups excluding carboxylic acids is 1. The number of ether oxygens (including phenoxy) is 1. The Morgan fingerprint density at radius 3 is 2.71 bits per heavy atom. The van der Waals surface area contributed by atoms with Crippen LogP contribution >= 0.6 is 0 Å². The first-order valence-electron chi connectivity index (χ1n) is 5.18. The number of carbonyl (C=O) groups is 1. The molecule has 0 radical (unpaired) electrons. The molecule has 0 atom stereocenters. The normalized spacial score (nSPS) is 10.2. The third kappa shape index (κ3) is 2.28. The van der Waals surface area contributed by atoms with Crippen molar-refractivity contribution in [2.24, 2.45) is 0 Å². The average Bonchev–Trinajstić information content (AvgIpc) is 2.73. The van der Waals surface area contributed by atoms with Crippen LogP contribution in [0, 0.1) is 0 Å². The van der Waals surface area contributed by atoms with Gasteiger partial charge in [-0.05, 0) is 19.1 Å². The molecule has 1 aromatic carbocycles. The highest BCUT2D eigenvalue weighted by atomic mass is 16.5. The van der Waals surface area contributed by atoms with E-state index in [0.29, 0.717) is 5.69 Å². The summed E-state index contributed by atoms with van der Waals surface area (Å²) in [6.45, 7) is 1.89. The first kappa shape index (κ1) is 11.2. The van der Waals surface area contributed by atoms with Crippen molar-refractivity contribution in [1.29, 1.82) is 0 Å². The van der Waals surface area contributed by atoms with Crippen molar-refractivity contribution >= 4 is 5.97 Å². The molecule has 0 unspecified atom stereocenters. The standard InChI is InChI=1S/C12H11NO4/c1-2-16-11(14)10-8-13(17-12(10)15)9-6-4-3-5-7-9/h3-8H,2H2,1H3. The van der Waals surface area contributed by atoms with Gasteiger partial charge in [-0.3, -0.25) is 0 Å². The molecule has 1 heterocycles. The van der Waals surface area contributed by atoms with Crippen molar-refractivity contribution < 1.29 is 14.1 Å². The van der Waals surface area contributed by atoms with Crippen LogP contribution in [-0.4, -0.2) is 17.3 Å². The maximum absolute atomic E-state index is 11.4. The van der Waals surface area contributed by atoms with E-state index in [0.717, 1.165) is 0 Å². The number of esters is 1. The number of nitrogens with zero attached hydrogens (tertiary/aromatic N) is 1. The van der Waals surface area contributed by atoms with E-state index >= 15 is 0 Å². The number of aromatic nitrogens is 1. The van der Waals surface area contributed by atoms with Gasteiger partial charge in [0.25, 0.3) is 0 Å². The smallest absolute Gasteiger partial charge is 0.372 e. The minimum absolute atomic E-state index is 0.101. The van der Waals surface area contributed by atoms with Crippen LogP contribution in [-0.2, 0) is 4.74 Å². The molecule has 0 saturated carbocycles. The molecular weight excluding hydrogens is 222 g/mol. The van der Waals surface area contributed by atoms with Crippen molar-refractivity contribution in [2.45, 2.75) is 6.92 Å². The molecule has 0 N–H and O–H groups in total. The summed E-state index contributed by atoms with van der Waals surface area (Å²) in [5.41, 5.74) is -0.136. The number of hydrogen-bond donors (Lipinski definition) is 0. The average molecular weight is 233 g/mol. The van der Waals surface area contributed by atoms with Gasteiger partial charge in [-0.2, -0.15) is 4.74 Å². The summed E-state index contributed by atoms with van der Waals surface area (Å²) < 4.78 is 10.9. The van der Waals surface area contributed by atoms with Gasteiger partial charge in [-0.25, -0.2) is 9.59 Å². The van der Waals surface area contributed by atoms with Gasteiger partial charge in [0.2, 0.25) is 0 Å². The number of para-hydroxylation sites is 1. The van der Waals surface area contributed by atoms with Gasteiger partial charge in [0.15, 0.2) is 5.56 Å². The Balaban J connectivity index is 2.38. The third-order valence-corrected chi connectivity index (χ3v) is 2.15. The zero-order chi connectivity index (χ0) is 12.3. The summed E-state index contributed by atoms with van der Waals surface area (Å²) in [4.78, 5) is 22.9. The molecule has 0 bridgehead atoms. The molecule has 0 aliphatic rings. The fourth-order valence-corrected chi connectivity index (χ4v) is 1.38. The van der Waals surface area contributed by atoms with E-state index in [1.54, 1.807) is 31.2 Å². The molecule has 0 amide bonds. The van der Waals surface area contributed by atoms with Crippen LogP contribution < -0.4 is 5.63 Å². The number of hydrogen-bond acceptors (Lipinski definition) is 4. The van der Waals surface area contributed by atoms with Crippen LogP contribution in [0.2, 0.25) is 0 Å². The second-order valence-corrected chi connectivity index (χ2v) is 3.30. The summed E-state index contributed by atoms with van der Waals surface area (Å²) in [7, 11) is 0. The number of benzene rings is 1. The maximum Gasteiger partial charge on any atom is 0.372 e. The Morgan fingerprint density at radius 2 is 2.06 bits per heavy atom. The van der Waals surface area contributed by atoms with Gasteiger partial charge in [-0.15, -0.1) is 0 Å². The maximum atomic E-state index is 11.4. The van der Waals surface area contributed by atoms with Gasteiger partial charge >= 0.3 is 11.6 Å². The van der Waals surface area contributed by atoms with Crippen molar-refractivity contribution in [3.63, 3.8) is 0 Å². The van der Waals surface area contributed by atoms with Gasteiger partial charge in [-0.1, -0.05) is 18.2 Å². The third-order valence-electron chi connectivity index (χ3n) is 2.15. The van der Waals surface area contributed by atoms with E-state index in [-0.39, 0.29) is 12.2 Å². The zero-order valence-corrected chi connectivity index (χ0v) is 9.25. The Hall–Kier alpha value is -2.30. The van der Waals surface area contributed by atoms with Crippen molar-refractivity contribution in [2.75, 3.05) is 6.61 Å². The van der Waals surface area contributed by atoms with Gasteiger partial charge < -0.3 is 9.26 Å². The molecule has 0 saturated heterocycles. The van der Waals surface area contributed by atoms with Gasteiger partial charge in [0.05, 0.1) is 18.5 Å². The molecule has 17 heavy (non-hydrogen) atoms. The fourth-order valence-electron chi connectivity index (χ4n) is 1.38. The lowest BCUT2D eigenvalue weighted by molar-refractivity contribution is 0.0523. The summed E-state index contributed by atoms with van der Waals surface area (Å²) >= 11 is 0. The van der Waals surface area contributed by atoms with Crippen LogP contribution in [0.15, 0.2) is 45.8 Å². The summed E-state index contributed by atoms with van der Waals surface area (Å²) in [6, 6.07) is 8.98. The lowest BCUT2D eigenvalue weighted by atomic mass is 10.3. The molecule has 88 valence electrons. The molecule has 5 heteroatoms. The summed E-state index contributed by atoms with van der Waals surface area (Å²) in [5.74, 6) is -0.670. The summed E-state index contributed by atoms with van der Waals surface area (Å²) in [6.07, 6.45) is 1.33. The van der Waals surface area contributed by atoms with E-state index in [1.165, 1.54) is 10.9 Å². The predicted octanol–water partition coefficient (Wildman–Crippen LogP) is 1.61. The lowest BCUT2D eigenvalue weighted by Gasteiger charge is -1.97. The topological polar surface area (TPSA) is 61.4 Å². The monoisotopic (exact) mass is 233 g/mol. The molecule has 0 aliphatic carbocycles. The summed E-state index contributed by atoms with van der Waals surface area (Å²) in [5, 5.41) is 0. The molecule has 0 spiro atoms. The highest BCUT2D eigenvalue weighted by Gasteiger charge is 2.16. The molecule has 2 rings (SSSR count). The molecule has 5 nitrogen and oxygen atoms in total. The minimum atomic E-state index is -0.702. The molecule has 2 aromatic rings. The highest BCUT2D eigenvalue weighted by Crippen LogP contribution is 2.07.